The number of aromatic nitrogens is 1. The lowest BCUT2D eigenvalue weighted by Crippen LogP contribution is -2.36. The van der Waals surface area contributed by atoms with Crippen molar-refractivity contribution in [2.75, 3.05) is 7.05 Å². The highest BCUT2D eigenvalue weighted by atomic mass is 32.1. The summed E-state index contributed by atoms with van der Waals surface area (Å²) in [6.45, 7) is 4.01. The predicted molar refractivity (Wildman–Crippen MR) is 56.5 cm³/mol. The van der Waals surface area contributed by atoms with Gasteiger partial charge < -0.3 is 4.90 Å². The zero-order chi connectivity index (χ0) is 10.7. The largest absolute Gasteiger partial charge is 0.342 e. The summed E-state index contributed by atoms with van der Waals surface area (Å²) in [5, 5.41) is 1.69. The molecule has 1 heterocycles. The molecule has 0 radical (unpaired) electrons. The topological polar surface area (TPSA) is 42.3 Å². The van der Waals surface area contributed by atoms with Crippen molar-refractivity contribution in [3.05, 3.63) is 21.2 Å². The third kappa shape index (κ3) is 2.45. The van der Waals surface area contributed by atoms with Crippen LogP contribution in [0.25, 0.3) is 0 Å². The van der Waals surface area contributed by atoms with E-state index in [1.165, 1.54) is 4.57 Å². The quantitative estimate of drug-likeness (QED) is 0.746. The smallest absolute Gasteiger partial charge is 0.307 e. The fourth-order valence-corrected chi connectivity index (χ4v) is 1.54. The van der Waals surface area contributed by atoms with Crippen molar-refractivity contribution in [1.82, 2.24) is 9.47 Å². The maximum atomic E-state index is 11.6. The second kappa shape index (κ2) is 4.41. The van der Waals surface area contributed by atoms with Crippen LogP contribution in [0.4, 0.5) is 0 Å². The molecule has 14 heavy (non-hydrogen) atoms. The van der Waals surface area contributed by atoms with E-state index in [4.69, 9.17) is 0 Å². The molecule has 0 unspecified atom stereocenters. The fourth-order valence-electron chi connectivity index (χ4n) is 0.953. The molecule has 0 aliphatic heterocycles. The van der Waals surface area contributed by atoms with Crippen LogP contribution < -0.4 is 4.87 Å². The fraction of sp³-hybridized carbons (Fsp3) is 0.556. The normalized spacial score (nSPS) is 10.6. The predicted octanol–water partition coefficient (Wildman–Crippen LogP) is 0.777. The molecule has 0 bridgehead atoms. The van der Waals surface area contributed by atoms with Crippen molar-refractivity contribution in [1.29, 1.82) is 0 Å². The second-order valence-corrected chi connectivity index (χ2v) is 4.25. The number of rotatable bonds is 3. The van der Waals surface area contributed by atoms with Crippen LogP contribution in [0, 0.1) is 0 Å². The molecule has 0 N–H and O–H groups in total. The van der Waals surface area contributed by atoms with Gasteiger partial charge in [0.2, 0.25) is 5.91 Å². The molecule has 0 saturated carbocycles. The van der Waals surface area contributed by atoms with Crippen LogP contribution in [-0.4, -0.2) is 28.5 Å². The van der Waals surface area contributed by atoms with Gasteiger partial charge in [-0.15, -0.1) is 0 Å². The summed E-state index contributed by atoms with van der Waals surface area (Å²) < 4.78 is 1.42. The number of likely N-dealkylation sites (N-methyl/N-ethyl adjacent to an activating group) is 1. The lowest BCUT2D eigenvalue weighted by atomic mass is 10.3. The molecule has 78 valence electrons. The minimum Gasteiger partial charge on any atom is -0.342 e. The molecular formula is C9H14N2O2S. The Hall–Kier alpha value is -1.10. The van der Waals surface area contributed by atoms with E-state index in [9.17, 15) is 9.59 Å². The molecule has 0 aliphatic rings. The van der Waals surface area contributed by atoms with Crippen molar-refractivity contribution in [2.24, 2.45) is 0 Å². The summed E-state index contributed by atoms with van der Waals surface area (Å²) >= 11 is 1.10. The Morgan fingerprint density at radius 2 is 2.29 bits per heavy atom. The highest BCUT2D eigenvalue weighted by molar-refractivity contribution is 7.07. The Morgan fingerprint density at radius 3 is 2.71 bits per heavy atom. The summed E-state index contributed by atoms with van der Waals surface area (Å²) in [6.07, 6.45) is 1.64. The number of carbonyl (C=O) groups excluding carboxylic acids is 1. The standard InChI is InChI=1S/C9H14N2O2S/c1-7(2)10(3)8(12)6-11-4-5-14-9(11)13/h4-5,7H,6H2,1-3H3. The Balaban J connectivity index is 2.67. The molecule has 1 aromatic heterocycles. The summed E-state index contributed by atoms with van der Waals surface area (Å²) in [5.41, 5.74) is 0. The Kier molecular flexibility index (Phi) is 3.46. The molecule has 1 aromatic rings. The first-order chi connectivity index (χ1) is 6.52. The van der Waals surface area contributed by atoms with Crippen LogP contribution in [0.15, 0.2) is 16.4 Å². The van der Waals surface area contributed by atoms with Gasteiger partial charge in [-0.3, -0.25) is 14.2 Å². The maximum Gasteiger partial charge on any atom is 0.307 e. The summed E-state index contributed by atoms with van der Waals surface area (Å²) in [4.78, 5) is 24.3. The molecule has 0 aromatic carbocycles. The van der Waals surface area contributed by atoms with Crippen LogP contribution in [0.1, 0.15) is 13.8 Å². The molecule has 0 aliphatic carbocycles. The third-order valence-electron chi connectivity index (χ3n) is 2.12. The van der Waals surface area contributed by atoms with Gasteiger partial charge in [-0.05, 0) is 13.8 Å². The maximum absolute atomic E-state index is 11.6. The molecule has 0 spiro atoms. The van der Waals surface area contributed by atoms with Crippen LogP contribution in [0.3, 0.4) is 0 Å². The molecule has 0 saturated heterocycles. The van der Waals surface area contributed by atoms with Gasteiger partial charge in [0.15, 0.2) is 0 Å². The summed E-state index contributed by atoms with van der Waals surface area (Å²) in [7, 11) is 1.74. The number of hydrogen-bond acceptors (Lipinski definition) is 3. The third-order valence-corrected chi connectivity index (χ3v) is 2.81. The lowest BCUT2D eigenvalue weighted by molar-refractivity contribution is -0.132. The zero-order valence-electron chi connectivity index (χ0n) is 8.56. The van der Waals surface area contributed by atoms with Crippen LogP contribution in [-0.2, 0) is 11.3 Å². The first kappa shape index (κ1) is 11.0. The Labute approximate surface area is 86.8 Å². The molecule has 1 amide bonds. The van der Waals surface area contributed by atoms with Crippen LogP contribution in [0.5, 0.6) is 0 Å². The van der Waals surface area contributed by atoms with E-state index in [0.717, 1.165) is 11.3 Å². The molecule has 5 heteroatoms. The number of nitrogens with zero attached hydrogens (tertiary/aromatic N) is 2. The van der Waals surface area contributed by atoms with Crippen molar-refractivity contribution in [3.63, 3.8) is 0 Å². The molecule has 0 fully saturated rings. The van der Waals surface area contributed by atoms with Gasteiger partial charge >= 0.3 is 4.87 Å². The van der Waals surface area contributed by atoms with Crippen LogP contribution in [0.2, 0.25) is 0 Å². The number of hydrogen-bond donors (Lipinski definition) is 0. The Bertz CT molecular complexity index is 367. The lowest BCUT2D eigenvalue weighted by Gasteiger charge is -2.21. The van der Waals surface area contributed by atoms with E-state index in [0.29, 0.717) is 0 Å². The second-order valence-electron chi connectivity index (χ2n) is 3.40. The average molecular weight is 214 g/mol. The highest BCUT2D eigenvalue weighted by Gasteiger charge is 2.12. The minimum absolute atomic E-state index is 0.0412. The average Bonchev–Trinajstić information content (AvgIpc) is 2.50. The van der Waals surface area contributed by atoms with E-state index < -0.39 is 0 Å². The minimum atomic E-state index is -0.0875. The first-order valence-corrected chi connectivity index (χ1v) is 5.30. The van der Waals surface area contributed by atoms with Gasteiger partial charge in [0.05, 0.1) is 0 Å². The number of carbonyl (C=O) groups is 1. The molecular weight excluding hydrogens is 200 g/mol. The molecule has 4 nitrogen and oxygen atoms in total. The van der Waals surface area contributed by atoms with E-state index in [1.54, 1.807) is 23.5 Å². The van der Waals surface area contributed by atoms with Gasteiger partial charge in [0.25, 0.3) is 0 Å². The van der Waals surface area contributed by atoms with Crippen molar-refractivity contribution < 1.29 is 4.79 Å². The first-order valence-electron chi connectivity index (χ1n) is 4.42. The van der Waals surface area contributed by atoms with Gasteiger partial charge in [0.1, 0.15) is 6.54 Å². The number of amides is 1. The highest BCUT2D eigenvalue weighted by Crippen LogP contribution is 1.97. The van der Waals surface area contributed by atoms with Crippen LogP contribution >= 0.6 is 11.3 Å². The van der Waals surface area contributed by atoms with E-state index in [2.05, 4.69) is 0 Å². The van der Waals surface area contributed by atoms with E-state index >= 15 is 0 Å². The Morgan fingerprint density at radius 1 is 1.64 bits per heavy atom. The number of thiazole rings is 1. The summed E-state index contributed by atoms with van der Waals surface area (Å²) in [5.74, 6) is -0.0412. The van der Waals surface area contributed by atoms with Crippen molar-refractivity contribution in [3.8, 4) is 0 Å². The van der Waals surface area contributed by atoms with Gasteiger partial charge in [-0.1, -0.05) is 11.3 Å². The van der Waals surface area contributed by atoms with Gasteiger partial charge in [-0.2, -0.15) is 0 Å². The molecule has 1 rings (SSSR count). The van der Waals surface area contributed by atoms with Crippen molar-refractivity contribution in [2.45, 2.75) is 26.4 Å². The van der Waals surface area contributed by atoms with E-state index in [-0.39, 0.29) is 23.4 Å². The molecule has 0 atom stereocenters. The SMILES string of the molecule is CC(C)N(C)C(=O)Cn1ccsc1=O. The zero-order valence-corrected chi connectivity index (χ0v) is 9.37. The summed E-state index contributed by atoms with van der Waals surface area (Å²) in [6, 6.07) is 0.164. The van der Waals surface area contributed by atoms with Gasteiger partial charge in [-0.25, -0.2) is 0 Å². The van der Waals surface area contributed by atoms with E-state index in [1.807, 2.05) is 13.8 Å². The van der Waals surface area contributed by atoms with Crippen molar-refractivity contribution >= 4 is 17.2 Å². The monoisotopic (exact) mass is 214 g/mol. The van der Waals surface area contributed by atoms with Gasteiger partial charge in [0, 0.05) is 24.7 Å².